The van der Waals surface area contributed by atoms with E-state index >= 15 is 0 Å². The van der Waals surface area contributed by atoms with Crippen LogP contribution in [0, 0.1) is 23.7 Å². The van der Waals surface area contributed by atoms with Crippen LogP contribution in [0.5, 0.6) is 0 Å². The molecule has 0 aromatic carbocycles. The summed E-state index contributed by atoms with van der Waals surface area (Å²) in [4.78, 5) is 11.5. The number of carbonyl (C=O) groups is 1. The monoisotopic (exact) mass is 224 g/mol. The lowest BCUT2D eigenvalue weighted by molar-refractivity contribution is -0.124. The van der Waals surface area contributed by atoms with Gasteiger partial charge in [-0.1, -0.05) is 13.3 Å². The second kappa shape index (κ2) is 5.17. The first kappa shape index (κ1) is 11.9. The van der Waals surface area contributed by atoms with Gasteiger partial charge in [0.05, 0.1) is 0 Å². The molecule has 0 aromatic rings. The van der Waals surface area contributed by atoms with Crippen LogP contribution in [-0.2, 0) is 4.79 Å². The number of nitrogens with two attached hydrogens (primary N) is 1. The molecular weight excluding hydrogens is 200 g/mol. The fraction of sp³-hybridized carbons (Fsp3) is 0.923. The minimum absolute atomic E-state index is 0.0416. The molecule has 0 aliphatic heterocycles. The van der Waals surface area contributed by atoms with Crippen molar-refractivity contribution in [2.45, 2.75) is 39.0 Å². The third kappa shape index (κ3) is 2.57. The molecule has 3 heteroatoms. The molecule has 2 rings (SSSR count). The maximum absolute atomic E-state index is 11.5. The van der Waals surface area contributed by atoms with Crippen molar-refractivity contribution >= 4 is 5.91 Å². The van der Waals surface area contributed by atoms with E-state index in [1.54, 1.807) is 0 Å². The lowest BCUT2D eigenvalue weighted by Gasteiger charge is -2.21. The van der Waals surface area contributed by atoms with Crippen molar-refractivity contribution in [3.8, 4) is 0 Å². The smallest absolute Gasteiger partial charge is 0.224 e. The van der Waals surface area contributed by atoms with E-state index in [0.717, 1.165) is 24.3 Å². The highest BCUT2D eigenvalue weighted by Gasteiger charge is 2.38. The van der Waals surface area contributed by atoms with E-state index in [-0.39, 0.29) is 11.8 Å². The summed E-state index contributed by atoms with van der Waals surface area (Å²) < 4.78 is 0. The first-order valence-electron chi connectivity index (χ1n) is 6.68. The maximum atomic E-state index is 11.5. The van der Waals surface area contributed by atoms with Crippen LogP contribution in [0.15, 0.2) is 0 Å². The molecular formula is C13H24N2O. The van der Waals surface area contributed by atoms with Gasteiger partial charge in [0, 0.05) is 19.0 Å². The second-order valence-electron chi connectivity index (χ2n) is 5.65. The molecule has 2 saturated carbocycles. The van der Waals surface area contributed by atoms with Gasteiger partial charge in [0.25, 0.3) is 0 Å². The van der Waals surface area contributed by atoms with Crippen molar-refractivity contribution in [1.82, 2.24) is 5.32 Å². The highest BCUT2D eigenvalue weighted by Crippen LogP contribution is 2.49. The van der Waals surface area contributed by atoms with Crippen molar-refractivity contribution in [3.63, 3.8) is 0 Å². The number of rotatable bonds is 5. The summed E-state index contributed by atoms with van der Waals surface area (Å²) in [7, 11) is 0. The molecule has 3 N–H and O–H groups in total. The molecule has 16 heavy (non-hydrogen) atoms. The second-order valence-corrected chi connectivity index (χ2v) is 5.65. The Morgan fingerprint density at radius 2 is 2.25 bits per heavy atom. The summed E-state index contributed by atoms with van der Waals surface area (Å²) >= 11 is 0. The highest BCUT2D eigenvalue weighted by atomic mass is 16.1. The van der Waals surface area contributed by atoms with Crippen molar-refractivity contribution in [2.24, 2.45) is 29.4 Å². The molecule has 4 atom stereocenters. The van der Waals surface area contributed by atoms with Crippen molar-refractivity contribution in [2.75, 3.05) is 13.1 Å². The van der Waals surface area contributed by atoms with E-state index < -0.39 is 0 Å². The lowest BCUT2D eigenvalue weighted by Crippen LogP contribution is -2.34. The molecule has 0 saturated heterocycles. The number of fused-ring (bicyclic) bond motifs is 2. The van der Waals surface area contributed by atoms with Gasteiger partial charge in [0.2, 0.25) is 5.91 Å². The van der Waals surface area contributed by atoms with Crippen LogP contribution in [0.4, 0.5) is 0 Å². The number of hydrogen-bond acceptors (Lipinski definition) is 2. The third-order valence-corrected chi connectivity index (χ3v) is 4.50. The Hall–Kier alpha value is -0.570. The van der Waals surface area contributed by atoms with Gasteiger partial charge in [-0.3, -0.25) is 4.79 Å². The van der Waals surface area contributed by atoms with Gasteiger partial charge in [0.1, 0.15) is 0 Å². The molecule has 2 fully saturated rings. The van der Waals surface area contributed by atoms with E-state index in [2.05, 4.69) is 5.32 Å². The summed E-state index contributed by atoms with van der Waals surface area (Å²) in [5.41, 5.74) is 5.46. The van der Waals surface area contributed by atoms with Gasteiger partial charge < -0.3 is 11.1 Å². The van der Waals surface area contributed by atoms with Crippen molar-refractivity contribution in [3.05, 3.63) is 0 Å². The van der Waals surface area contributed by atoms with E-state index in [9.17, 15) is 4.79 Å². The topological polar surface area (TPSA) is 55.1 Å². The Labute approximate surface area is 98.2 Å². The molecule has 3 nitrogen and oxygen atoms in total. The molecule has 0 radical (unpaired) electrons. The summed E-state index contributed by atoms with van der Waals surface area (Å²) in [5, 5.41) is 3.00. The van der Waals surface area contributed by atoms with E-state index in [0.29, 0.717) is 6.54 Å². The zero-order valence-electron chi connectivity index (χ0n) is 10.2. The molecule has 0 aromatic heterocycles. The predicted octanol–water partition coefficient (Wildman–Crippen LogP) is 1.52. The SMILES string of the molecule is CC(CN)C(=O)NCCC1CC2CCC1C2. The van der Waals surface area contributed by atoms with Gasteiger partial charge in [0.15, 0.2) is 0 Å². The van der Waals surface area contributed by atoms with Gasteiger partial charge in [-0.25, -0.2) is 0 Å². The summed E-state index contributed by atoms with van der Waals surface area (Å²) in [6, 6.07) is 0. The Morgan fingerprint density at radius 3 is 2.81 bits per heavy atom. The summed E-state index contributed by atoms with van der Waals surface area (Å²) in [5.74, 6) is 2.93. The van der Waals surface area contributed by atoms with Crippen LogP contribution in [0.25, 0.3) is 0 Å². The van der Waals surface area contributed by atoms with Crippen LogP contribution in [0.2, 0.25) is 0 Å². The fourth-order valence-electron chi connectivity index (χ4n) is 3.39. The van der Waals surface area contributed by atoms with Crippen molar-refractivity contribution in [1.29, 1.82) is 0 Å². The van der Waals surface area contributed by atoms with Crippen LogP contribution < -0.4 is 11.1 Å². The number of amides is 1. The minimum atomic E-state index is -0.0416. The molecule has 1 amide bonds. The van der Waals surface area contributed by atoms with E-state index in [1.165, 1.54) is 32.1 Å². The zero-order chi connectivity index (χ0) is 11.5. The molecule has 4 unspecified atom stereocenters. The first-order valence-corrected chi connectivity index (χ1v) is 6.68. The van der Waals surface area contributed by atoms with Gasteiger partial charge in [-0.05, 0) is 43.4 Å². The zero-order valence-corrected chi connectivity index (χ0v) is 10.2. The first-order chi connectivity index (χ1) is 7.70. The molecule has 0 spiro atoms. The molecule has 2 aliphatic carbocycles. The number of nitrogens with one attached hydrogen (secondary N) is 1. The Kier molecular flexibility index (Phi) is 3.85. The third-order valence-electron chi connectivity index (χ3n) is 4.50. The summed E-state index contributed by atoms with van der Waals surface area (Å²) in [6.07, 6.45) is 6.93. The largest absolute Gasteiger partial charge is 0.356 e. The van der Waals surface area contributed by atoms with Crippen LogP contribution in [0.1, 0.15) is 39.0 Å². The Balaban J connectivity index is 1.63. The minimum Gasteiger partial charge on any atom is -0.356 e. The predicted molar refractivity (Wildman–Crippen MR) is 64.8 cm³/mol. The average Bonchev–Trinajstić information content (AvgIpc) is 2.89. The molecule has 2 aliphatic rings. The van der Waals surface area contributed by atoms with Crippen LogP contribution in [0.3, 0.4) is 0 Å². The van der Waals surface area contributed by atoms with Crippen molar-refractivity contribution < 1.29 is 4.79 Å². The van der Waals surface area contributed by atoms with Gasteiger partial charge >= 0.3 is 0 Å². The molecule has 0 heterocycles. The van der Waals surface area contributed by atoms with E-state index in [4.69, 9.17) is 5.73 Å². The highest BCUT2D eigenvalue weighted by molar-refractivity contribution is 5.78. The average molecular weight is 224 g/mol. The Morgan fingerprint density at radius 1 is 1.44 bits per heavy atom. The molecule has 92 valence electrons. The van der Waals surface area contributed by atoms with Crippen LogP contribution >= 0.6 is 0 Å². The van der Waals surface area contributed by atoms with Gasteiger partial charge in [-0.15, -0.1) is 0 Å². The molecule has 2 bridgehead atoms. The summed E-state index contributed by atoms with van der Waals surface area (Å²) in [6.45, 7) is 3.17. The van der Waals surface area contributed by atoms with Gasteiger partial charge in [-0.2, -0.15) is 0 Å². The number of carbonyl (C=O) groups excluding carboxylic acids is 1. The lowest BCUT2D eigenvalue weighted by atomic mass is 9.86. The van der Waals surface area contributed by atoms with E-state index in [1.807, 2.05) is 6.92 Å². The van der Waals surface area contributed by atoms with Crippen LogP contribution in [-0.4, -0.2) is 19.0 Å². The normalized spacial score (nSPS) is 34.0. The quantitative estimate of drug-likeness (QED) is 0.744. The fourth-order valence-corrected chi connectivity index (χ4v) is 3.39. The maximum Gasteiger partial charge on any atom is 0.224 e. The standard InChI is InChI=1S/C13H24N2O/c1-9(8-14)13(16)15-5-4-12-7-10-2-3-11(12)6-10/h9-12H,2-8,14H2,1H3,(H,15,16). The Bertz CT molecular complexity index is 254. The number of hydrogen-bond donors (Lipinski definition) is 2.